The molecule has 0 heterocycles. The predicted molar refractivity (Wildman–Crippen MR) is 86.7 cm³/mol. The number of halogens is 30. The summed E-state index contributed by atoms with van der Waals surface area (Å²) >= 11 is 0. The molecule has 0 fully saturated rings. The van der Waals surface area contributed by atoms with E-state index in [2.05, 4.69) is 0 Å². The Labute approximate surface area is 248 Å². The van der Waals surface area contributed by atoms with E-state index in [-0.39, 0.29) is 0 Å². The summed E-state index contributed by atoms with van der Waals surface area (Å²) in [6.07, 6.45) is -49.2. The van der Waals surface area contributed by atoms with Crippen molar-refractivity contribution in [1.29, 1.82) is 0 Å². The first-order valence-corrected chi connectivity index (χ1v) is 10.0. The first-order valence-electron chi connectivity index (χ1n) is 10.0. The van der Waals surface area contributed by atoms with Gasteiger partial charge in [0.05, 0.1) is 0 Å². The maximum atomic E-state index is 13.6. The van der Waals surface area contributed by atoms with Crippen molar-refractivity contribution in [3.63, 3.8) is 0 Å². The van der Waals surface area contributed by atoms with Gasteiger partial charge in [0.2, 0.25) is 0 Å². The maximum absolute atomic E-state index is 13.6. The van der Waals surface area contributed by atoms with E-state index in [4.69, 9.17) is 10.2 Å². The fourth-order valence-corrected chi connectivity index (χ4v) is 3.01. The van der Waals surface area contributed by atoms with Gasteiger partial charge in [-0.15, -0.1) is 0 Å². The van der Waals surface area contributed by atoms with Crippen LogP contribution in [0.2, 0.25) is 0 Å². The van der Waals surface area contributed by atoms with Gasteiger partial charge in [0.1, 0.15) is 0 Å². The third-order valence-corrected chi connectivity index (χ3v) is 5.49. The van der Waals surface area contributed by atoms with Crippen LogP contribution in [0.25, 0.3) is 0 Å². The molecule has 0 spiro atoms. The lowest BCUT2D eigenvalue weighted by Crippen LogP contribution is -2.81. The Hall–Kier alpha value is -3.16. The molecule has 2 N–H and O–H groups in total. The second-order valence-corrected chi connectivity index (χ2v) is 8.53. The fraction of sp³-hybridized carbons (Fsp3) is 0.875. The van der Waals surface area contributed by atoms with Crippen molar-refractivity contribution in [3.05, 3.63) is 0 Å². The van der Waals surface area contributed by atoms with E-state index in [0.29, 0.717) is 0 Å². The Balaban J connectivity index is 0. The molecule has 34 heteroatoms. The van der Waals surface area contributed by atoms with Crippen molar-refractivity contribution in [3.8, 4) is 0 Å². The van der Waals surface area contributed by atoms with Crippen LogP contribution in [0.15, 0.2) is 0 Å². The van der Waals surface area contributed by atoms with Gasteiger partial charge in [-0.05, 0) is 0 Å². The predicted octanol–water partition coefficient (Wildman–Crippen LogP) is 8.89. The Bertz CT molecular complexity index is 1220. The van der Waals surface area contributed by atoms with Crippen LogP contribution in [-0.2, 0) is 9.59 Å². The monoisotopic (exact) mass is 828 g/mol. The zero-order chi connectivity index (χ0) is 42.2. The number of hydrogen-bond acceptors (Lipinski definition) is 2. The molecule has 0 aromatic rings. The zero-order valence-corrected chi connectivity index (χ0v) is 21.0. The lowest BCUT2D eigenvalue weighted by atomic mass is 9.74. The van der Waals surface area contributed by atoms with E-state index in [1.165, 1.54) is 0 Å². The van der Waals surface area contributed by atoms with E-state index >= 15 is 0 Å². The molecule has 0 aromatic carbocycles. The summed E-state index contributed by atoms with van der Waals surface area (Å²) < 4.78 is 377. The van der Waals surface area contributed by atoms with Crippen LogP contribution in [0.5, 0.6) is 0 Å². The van der Waals surface area contributed by atoms with Crippen molar-refractivity contribution in [1.82, 2.24) is 0 Å². The minimum absolute atomic E-state index is 4.45. The van der Waals surface area contributed by atoms with Crippen molar-refractivity contribution in [2.75, 3.05) is 0 Å². The minimum Gasteiger partial charge on any atom is -0.477 e. The van der Waals surface area contributed by atoms with Crippen LogP contribution >= 0.6 is 0 Å². The summed E-state index contributed by atoms with van der Waals surface area (Å²) in [5.74, 6) is -41.2. The number of hydrogen-bond donors (Lipinski definition) is 2. The summed E-state index contributed by atoms with van der Waals surface area (Å²) in [4.78, 5) is 19.7. The molecule has 3 unspecified atom stereocenters. The van der Waals surface area contributed by atoms with Crippen molar-refractivity contribution < 1.29 is 152 Å². The van der Waals surface area contributed by atoms with Gasteiger partial charge in [-0.25, -0.2) is 27.2 Å². The quantitative estimate of drug-likeness (QED) is 0.240. The van der Waals surface area contributed by atoms with Gasteiger partial charge < -0.3 is 10.2 Å². The fourth-order valence-electron chi connectivity index (χ4n) is 3.01. The number of aliphatic carboxylic acids is 2. The Kier molecular flexibility index (Phi) is 12.0. The molecule has 0 aliphatic heterocycles. The normalized spacial score (nSPS) is 19.0. The smallest absolute Gasteiger partial charge is 0.457 e. The Morgan fingerprint density at radius 2 is 0.460 bits per heavy atom. The maximum Gasteiger partial charge on any atom is 0.457 e. The summed E-state index contributed by atoms with van der Waals surface area (Å²) in [7, 11) is 0. The zero-order valence-electron chi connectivity index (χ0n) is 21.0. The van der Waals surface area contributed by atoms with E-state index < -0.39 is 95.4 Å². The molecule has 0 rings (SSSR count). The van der Waals surface area contributed by atoms with Crippen molar-refractivity contribution in [2.45, 2.75) is 83.4 Å². The summed E-state index contributed by atoms with van der Waals surface area (Å²) in [5, 5.41) is 15.3. The summed E-state index contributed by atoms with van der Waals surface area (Å²) in [6.45, 7) is 0. The average molecular weight is 828 g/mol. The second-order valence-electron chi connectivity index (χ2n) is 8.53. The lowest BCUT2D eigenvalue weighted by molar-refractivity contribution is -0.459. The SMILES string of the molecule is O=C(O)C(F)(F)C(F)(C(F)(F)F)C(F)(C(F)(F)F)C(F)(F)C(F)(F)F.O=C(O)C(F)(F)C(F)(F)C(F)(C(F)(F)F)C(F)(C(F)(F)F)C(F)(F)F. The largest absolute Gasteiger partial charge is 0.477 e. The van der Waals surface area contributed by atoms with Crippen LogP contribution in [-0.4, -0.2) is 106 Å². The summed E-state index contributed by atoms with van der Waals surface area (Å²) in [6, 6.07) is 0. The molecule has 0 saturated heterocycles. The Morgan fingerprint density at radius 3 is 0.620 bits per heavy atom. The highest BCUT2D eigenvalue weighted by Crippen LogP contribution is 2.67. The highest BCUT2D eigenvalue weighted by atomic mass is 19.5. The lowest BCUT2D eigenvalue weighted by Gasteiger charge is -2.46. The third-order valence-electron chi connectivity index (χ3n) is 5.49. The van der Waals surface area contributed by atoms with Crippen LogP contribution in [0.1, 0.15) is 0 Å². The highest BCUT2D eigenvalue weighted by Gasteiger charge is 3.01. The number of carbonyl (C=O) groups is 2. The van der Waals surface area contributed by atoms with Gasteiger partial charge in [-0.2, -0.15) is 114 Å². The van der Waals surface area contributed by atoms with Crippen LogP contribution in [0.3, 0.4) is 0 Å². The molecule has 50 heavy (non-hydrogen) atoms. The molecule has 0 amide bonds. The average Bonchev–Trinajstić information content (AvgIpc) is 2.82. The van der Waals surface area contributed by atoms with Crippen LogP contribution in [0, 0.1) is 0 Å². The van der Waals surface area contributed by atoms with E-state index in [1.54, 1.807) is 0 Å². The van der Waals surface area contributed by atoms with Crippen LogP contribution < -0.4 is 0 Å². The molecule has 0 aliphatic rings. The number of rotatable bonds is 8. The Morgan fingerprint density at radius 1 is 0.260 bits per heavy atom. The molecular formula is C16H2F30O4. The van der Waals surface area contributed by atoms with Gasteiger partial charge >= 0.3 is 95.4 Å². The molecule has 4 nitrogen and oxygen atoms in total. The molecule has 0 radical (unpaired) electrons. The number of alkyl halides is 30. The van der Waals surface area contributed by atoms with Gasteiger partial charge in [-0.1, -0.05) is 0 Å². The van der Waals surface area contributed by atoms with E-state index in [0.717, 1.165) is 0 Å². The topological polar surface area (TPSA) is 74.6 Å². The molecule has 300 valence electrons. The van der Waals surface area contributed by atoms with Gasteiger partial charge in [0.15, 0.2) is 0 Å². The first kappa shape index (κ1) is 49.0. The second kappa shape index (κ2) is 12.2. The molecule has 0 saturated carbocycles. The molecule has 0 aliphatic carbocycles. The van der Waals surface area contributed by atoms with Gasteiger partial charge in [0.25, 0.3) is 0 Å². The van der Waals surface area contributed by atoms with Crippen molar-refractivity contribution >= 4 is 11.9 Å². The number of carboxylic acid groups (broad SMARTS) is 2. The standard InChI is InChI=1S/2C8HF15O2/c9-2(10,1(24)25)5(13,14)3(11,6(15,16)17)4(12,7(18,19)20)8(21,22)23;9-2(10,1(24)25)3(11,6(15,16)17)4(12,7(18,19)20)5(13,14)8(21,22)23/h2*(H,24,25). The molecular weight excluding hydrogens is 826 g/mol. The molecule has 3 atom stereocenters. The minimum atomic E-state index is -8.76. The van der Waals surface area contributed by atoms with Gasteiger partial charge in [0, 0.05) is 0 Å². The van der Waals surface area contributed by atoms with E-state index in [1.807, 2.05) is 0 Å². The molecule has 0 bridgehead atoms. The first-order chi connectivity index (χ1) is 20.9. The molecule has 0 aromatic heterocycles. The van der Waals surface area contributed by atoms with Crippen LogP contribution in [0.4, 0.5) is 132 Å². The number of carboxylic acids is 2. The van der Waals surface area contributed by atoms with Crippen molar-refractivity contribution in [2.24, 2.45) is 0 Å². The van der Waals surface area contributed by atoms with E-state index in [9.17, 15) is 141 Å². The van der Waals surface area contributed by atoms with Gasteiger partial charge in [-0.3, -0.25) is 0 Å². The summed E-state index contributed by atoms with van der Waals surface area (Å²) in [5.41, 5.74) is -34.7. The third kappa shape index (κ3) is 6.31. The highest BCUT2D eigenvalue weighted by molar-refractivity contribution is 5.78.